The largest absolute Gasteiger partial charge is 0.316 e. The first-order valence-corrected chi connectivity index (χ1v) is 0. The van der Waals surface area contributed by atoms with Gasteiger partial charge in [0.15, 0.2) is 0 Å². The first kappa shape index (κ1) is 31.4. The van der Waals surface area contributed by atoms with Gasteiger partial charge in [0, 0.05) is 36.5 Å². The Bertz CT molecular complexity index is 8.00. The van der Waals surface area contributed by atoms with Crippen LogP contribution in [0.25, 0.3) is 0 Å². The normalized spacial score (nSPS) is 0. The molecule has 0 rings (SSSR count). The molecule has 0 aromatic rings. The van der Waals surface area contributed by atoms with Gasteiger partial charge < -0.3 is 0 Å². The maximum Gasteiger partial charge on any atom is 0.316 e. The maximum atomic E-state index is 0. The summed E-state index contributed by atoms with van der Waals surface area (Å²) < 4.78 is 0. The predicted molar refractivity (Wildman–Crippen MR) is 15.7 cm³/mol. The van der Waals surface area contributed by atoms with Crippen LogP contribution in [0, 0.1) is 0 Å². The van der Waals surface area contributed by atoms with E-state index < -0.39 is 0 Å². The monoisotopic (exact) mass is 161 g/mol. The van der Waals surface area contributed by atoms with Crippen LogP contribution < -0.4 is 0 Å². The molecule has 0 aromatic heterocycles. The van der Waals surface area contributed by atoms with E-state index in [0.29, 0.717) is 0 Å². The summed E-state index contributed by atoms with van der Waals surface area (Å²) in [5.41, 5.74) is 0. The first-order chi connectivity index (χ1) is 0. The molecule has 0 saturated carbocycles. The molecule has 0 aliphatic rings. The molecule has 0 bridgehead atoms. The van der Waals surface area contributed by atoms with Gasteiger partial charge in [-0.15, -0.1) is 0 Å². The number of hydrogen-bond acceptors (Lipinski definition) is 0. The molecule has 0 N–H and O–H groups in total. The van der Waals surface area contributed by atoms with Crippen molar-refractivity contribution < 1.29 is 36.5 Å². The molecule has 0 nitrogen and oxygen atoms in total. The van der Waals surface area contributed by atoms with Gasteiger partial charge in [0.05, 0.1) is 0 Å². The van der Waals surface area contributed by atoms with Crippen LogP contribution in [0.15, 0.2) is 0 Å². The third-order valence-electron chi connectivity index (χ3n) is 0. The van der Waals surface area contributed by atoms with Crippen molar-refractivity contribution in [2.75, 3.05) is 0 Å². The van der Waals surface area contributed by atoms with E-state index in [9.17, 15) is 0 Å². The van der Waals surface area contributed by atoms with E-state index in [-0.39, 0.29) is 78.5 Å². The van der Waals surface area contributed by atoms with E-state index in [1.807, 2.05) is 0 Å². The van der Waals surface area contributed by atoms with Crippen molar-refractivity contribution in [1.29, 1.82) is 0 Å². The summed E-state index contributed by atoms with van der Waals surface area (Å²) >= 11 is 0. The Kier molecular flexibility index (Phi) is 140. The Labute approximate surface area is 77.4 Å². The van der Waals surface area contributed by atoms with Gasteiger partial charge in [-0.1, -0.05) is 0 Å². The molecule has 0 fully saturated rings. The van der Waals surface area contributed by atoms with Crippen molar-refractivity contribution in [1.82, 2.24) is 0 Å². The van der Waals surface area contributed by atoms with E-state index in [1.54, 1.807) is 0 Å². The Morgan fingerprint density at radius 1 is 1.00 bits per heavy atom. The Hall–Kier alpha value is 2.51. The van der Waals surface area contributed by atoms with E-state index in [1.165, 1.54) is 0 Å². The van der Waals surface area contributed by atoms with Crippen LogP contribution in [0.2, 0.25) is 0 Å². The minimum atomic E-state index is 0. The molecule has 0 amide bonds. The third kappa shape index (κ3) is 8.82. The fraction of sp³-hybridized carbons (Fsp3) is 0. The number of hydrogen-bond donors (Lipinski definition) is 0. The molecule has 4 heteroatoms. The van der Waals surface area contributed by atoms with Gasteiger partial charge in [-0.05, 0) is 0 Å². The van der Waals surface area contributed by atoms with Gasteiger partial charge in [0.25, 0.3) is 0 Å². The molecule has 0 atom stereocenters. The Balaban J connectivity index is 0. The van der Waals surface area contributed by atoms with Gasteiger partial charge in [-0.25, -0.2) is 0 Å². The maximum absolute atomic E-state index is 0. The van der Waals surface area contributed by atoms with Crippen molar-refractivity contribution in [3.8, 4) is 0 Å². The van der Waals surface area contributed by atoms with Crippen LogP contribution in [0.1, 0.15) is 0 Å². The zero-order chi connectivity index (χ0) is 0. The second-order valence-electron chi connectivity index (χ2n) is 0. The Morgan fingerprint density at radius 2 is 1.00 bits per heavy atom. The van der Waals surface area contributed by atoms with Gasteiger partial charge in [-0.2, -0.15) is 0 Å². The van der Waals surface area contributed by atoms with Gasteiger partial charge in [0.2, 0.25) is 0 Å². The molecule has 0 heterocycles. The van der Waals surface area contributed by atoms with Gasteiger partial charge in [-0.3, -0.25) is 0 Å². The second-order valence-corrected chi connectivity index (χ2v) is 0. The third-order valence-corrected chi connectivity index (χ3v) is 0. The summed E-state index contributed by atoms with van der Waals surface area (Å²) in [5.74, 6) is 0. The summed E-state index contributed by atoms with van der Waals surface area (Å²) in [7, 11) is 0. The van der Waals surface area contributed by atoms with E-state index in [0.717, 1.165) is 0 Å². The second kappa shape index (κ2) is 17.8. The SMILES string of the molecule is [Cu].[LiH].[MgH2].[Zn]. The molecule has 0 aromatic carbocycles. The molecule has 4 heavy (non-hydrogen) atoms. The quantitative estimate of drug-likeness (QED) is 0.379. The molecule has 19 valence electrons. The van der Waals surface area contributed by atoms with Crippen molar-refractivity contribution in [3.05, 3.63) is 0 Å². The summed E-state index contributed by atoms with van der Waals surface area (Å²) in [4.78, 5) is 0. The fourth-order valence-electron chi connectivity index (χ4n) is 0. The zero-order valence-electron chi connectivity index (χ0n) is 1.01. The molecule has 0 saturated heterocycles. The topological polar surface area (TPSA) is 0 Å². The van der Waals surface area contributed by atoms with Crippen molar-refractivity contribution in [2.24, 2.45) is 0 Å². The minimum Gasteiger partial charge on any atom is 0 e. The summed E-state index contributed by atoms with van der Waals surface area (Å²) in [5, 5.41) is 0. The zero-order valence-corrected chi connectivity index (χ0v) is 4.92. The smallest absolute Gasteiger partial charge is 0 e. The van der Waals surface area contributed by atoms with Crippen LogP contribution in [0.4, 0.5) is 0 Å². The summed E-state index contributed by atoms with van der Waals surface area (Å²) in [6, 6.07) is 0. The van der Waals surface area contributed by atoms with Crippen LogP contribution in [0.3, 0.4) is 0 Å². The van der Waals surface area contributed by atoms with Crippen LogP contribution in [-0.2, 0) is 36.5 Å². The van der Waals surface area contributed by atoms with E-state index in [4.69, 9.17) is 0 Å². The molecular weight excluding hydrogens is 160 g/mol. The van der Waals surface area contributed by atoms with E-state index >= 15 is 0 Å². The van der Waals surface area contributed by atoms with Gasteiger partial charge in [0.1, 0.15) is 0 Å². The van der Waals surface area contributed by atoms with Crippen molar-refractivity contribution in [3.63, 3.8) is 0 Å². The Morgan fingerprint density at radius 3 is 1.00 bits per heavy atom. The summed E-state index contributed by atoms with van der Waals surface area (Å²) in [6.45, 7) is 0. The predicted octanol–water partition coefficient (Wildman–Crippen LogP) is -1.57. The van der Waals surface area contributed by atoms with Crippen molar-refractivity contribution in [2.45, 2.75) is 0 Å². The molecule has 0 aliphatic carbocycles. The number of rotatable bonds is 0. The fourth-order valence-corrected chi connectivity index (χ4v) is 0. The minimum absolute atomic E-state index is 0. The first-order valence-electron chi connectivity index (χ1n) is 0. The van der Waals surface area contributed by atoms with E-state index in [2.05, 4.69) is 0 Å². The molecule has 0 spiro atoms. The summed E-state index contributed by atoms with van der Waals surface area (Å²) in [6.07, 6.45) is 0. The molecule has 1 radical (unpaired) electrons. The average Bonchev–Trinajstić information content (AvgIpc) is 0. The molecule has 0 unspecified atom stereocenters. The van der Waals surface area contributed by atoms with Gasteiger partial charge >= 0.3 is 41.9 Å². The molecule has 0 aliphatic heterocycles. The average molecular weight is 163 g/mol. The molecular formula is H3CuLiMgZn. The van der Waals surface area contributed by atoms with Crippen molar-refractivity contribution >= 4 is 41.9 Å². The standard InChI is InChI=1S/Cu.Li.Mg.Zn.3H. The van der Waals surface area contributed by atoms with Crippen LogP contribution >= 0.6 is 0 Å². The van der Waals surface area contributed by atoms with Crippen LogP contribution in [-0.4, -0.2) is 41.9 Å². The van der Waals surface area contributed by atoms with Crippen LogP contribution in [0.5, 0.6) is 0 Å².